The topological polar surface area (TPSA) is 60.7 Å². The van der Waals surface area contributed by atoms with Crippen molar-refractivity contribution in [3.63, 3.8) is 0 Å². The Hall–Kier alpha value is -1.47. The summed E-state index contributed by atoms with van der Waals surface area (Å²) < 4.78 is 10.1. The molecule has 0 aliphatic carbocycles. The van der Waals surface area contributed by atoms with E-state index in [4.69, 9.17) is 17.0 Å². The van der Waals surface area contributed by atoms with Crippen LogP contribution in [-0.2, 0) is 18.3 Å². The first-order valence-corrected chi connectivity index (χ1v) is 6.84. The van der Waals surface area contributed by atoms with E-state index >= 15 is 0 Å². The highest BCUT2D eigenvalue weighted by atomic mass is 32.1. The molecule has 7 heteroatoms. The maximum Gasteiger partial charge on any atom is 0.195 e. The summed E-state index contributed by atoms with van der Waals surface area (Å²) in [5, 5.41) is 11.6. The lowest BCUT2D eigenvalue weighted by molar-refractivity contribution is 0.0969. The van der Waals surface area contributed by atoms with Crippen LogP contribution in [0.3, 0.4) is 0 Å². The third-order valence-corrected chi connectivity index (χ3v) is 3.82. The molecule has 1 N–H and O–H groups in total. The van der Waals surface area contributed by atoms with Crippen LogP contribution in [0.4, 0.5) is 0 Å². The zero-order valence-corrected chi connectivity index (χ0v) is 11.9. The summed E-state index contributed by atoms with van der Waals surface area (Å²) in [6.45, 7) is 3.59. The molecule has 1 aliphatic heterocycles. The number of H-pyrrole nitrogens is 1. The lowest BCUT2D eigenvalue weighted by atomic mass is 10.2. The Balaban J connectivity index is 1.95. The number of hydrogen-bond acceptors (Lipinski definition) is 4. The molecule has 1 atom stereocenters. The molecular weight excluding hydrogens is 262 g/mol. The highest BCUT2D eigenvalue weighted by Crippen LogP contribution is 2.20. The van der Waals surface area contributed by atoms with Crippen molar-refractivity contribution >= 4 is 12.2 Å². The minimum atomic E-state index is 0.229. The number of nitrogens with zero attached hydrogens (tertiary/aromatic N) is 4. The second-order valence-corrected chi connectivity index (χ2v) is 5.28. The first-order chi connectivity index (χ1) is 9.15. The van der Waals surface area contributed by atoms with Crippen LogP contribution in [0.1, 0.15) is 18.5 Å². The van der Waals surface area contributed by atoms with Gasteiger partial charge in [-0.2, -0.15) is 10.2 Å². The van der Waals surface area contributed by atoms with Gasteiger partial charge in [-0.15, -0.1) is 0 Å². The van der Waals surface area contributed by atoms with Crippen LogP contribution in [0.2, 0.25) is 0 Å². The fraction of sp³-hybridized carbons (Fsp3) is 0.583. The summed E-state index contributed by atoms with van der Waals surface area (Å²) in [4.78, 5) is 0. The molecule has 0 radical (unpaired) electrons. The van der Waals surface area contributed by atoms with Gasteiger partial charge in [0.05, 0.1) is 12.6 Å². The number of aryl methyl sites for hydroxylation is 2. The van der Waals surface area contributed by atoms with Crippen molar-refractivity contribution in [3.8, 4) is 11.5 Å². The molecule has 3 rings (SSSR count). The van der Waals surface area contributed by atoms with Crippen molar-refractivity contribution in [2.75, 3.05) is 6.61 Å². The summed E-state index contributed by atoms with van der Waals surface area (Å²) in [6.07, 6.45) is 2.43. The standard InChI is InChI=1S/C12H17N5OS/c1-8-6-10(15-16(8)2)11-13-14-12(19)17(11)7-9-4-3-5-18-9/h6,9H,3-5,7H2,1-2H3,(H,14,19)/t9-/m0/s1. The third kappa shape index (κ3) is 2.35. The molecule has 0 amide bonds. The molecule has 0 bridgehead atoms. The van der Waals surface area contributed by atoms with Gasteiger partial charge in [0.2, 0.25) is 0 Å². The predicted molar refractivity (Wildman–Crippen MR) is 73.3 cm³/mol. The average molecular weight is 279 g/mol. The number of ether oxygens (including phenoxy) is 1. The van der Waals surface area contributed by atoms with E-state index < -0.39 is 0 Å². The van der Waals surface area contributed by atoms with Crippen molar-refractivity contribution in [1.82, 2.24) is 24.5 Å². The van der Waals surface area contributed by atoms with Crippen molar-refractivity contribution in [3.05, 3.63) is 16.5 Å². The zero-order chi connectivity index (χ0) is 13.4. The molecule has 0 spiro atoms. The molecule has 102 valence electrons. The smallest absolute Gasteiger partial charge is 0.195 e. The number of hydrogen-bond donors (Lipinski definition) is 1. The van der Waals surface area contributed by atoms with Gasteiger partial charge in [-0.1, -0.05) is 0 Å². The largest absolute Gasteiger partial charge is 0.376 e. The van der Waals surface area contributed by atoms with E-state index in [1.54, 1.807) is 0 Å². The lowest BCUT2D eigenvalue weighted by Gasteiger charge is -2.11. The van der Waals surface area contributed by atoms with Crippen molar-refractivity contribution in [2.45, 2.75) is 32.4 Å². The van der Waals surface area contributed by atoms with Crippen LogP contribution in [-0.4, -0.2) is 37.3 Å². The average Bonchev–Trinajstić information content (AvgIpc) is 3.06. The van der Waals surface area contributed by atoms with Crippen molar-refractivity contribution in [1.29, 1.82) is 0 Å². The lowest BCUT2D eigenvalue weighted by Crippen LogP contribution is -2.16. The molecule has 2 aromatic rings. The van der Waals surface area contributed by atoms with Gasteiger partial charge in [0, 0.05) is 19.3 Å². The highest BCUT2D eigenvalue weighted by molar-refractivity contribution is 7.71. The highest BCUT2D eigenvalue weighted by Gasteiger charge is 2.20. The number of nitrogens with one attached hydrogen (secondary N) is 1. The van der Waals surface area contributed by atoms with Gasteiger partial charge in [0.15, 0.2) is 10.6 Å². The monoisotopic (exact) mass is 279 g/mol. The van der Waals surface area contributed by atoms with Crippen molar-refractivity contribution in [2.24, 2.45) is 7.05 Å². The molecule has 1 aliphatic rings. The molecule has 2 aromatic heterocycles. The van der Waals surface area contributed by atoms with Gasteiger partial charge in [0.25, 0.3) is 0 Å². The maximum atomic E-state index is 5.67. The summed E-state index contributed by atoms with van der Waals surface area (Å²) in [5.41, 5.74) is 1.93. The van der Waals surface area contributed by atoms with Gasteiger partial charge >= 0.3 is 0 Å². The molecule has 6 nitrogen and oxygen atoms in total. The molecule has 0 unspecified atom stereocenters. The van der Waals surface area contributed by atoms with E-state index in [0.717, 1.165) is 43.2 Å². The summed E-state index contributed by atoms with van der Waals surface area (Å²) in [6, 6.07) is 2.01. The van der Waals surface area contributed by atoms with E-state index in [9.17, 15) is 0 Å². The van der Waals surface area contributed by atoms with Crippen LogP contribution >= 0.6 is 12.2 Å². The Labute approximate surface area is 116 Å². The Morgan fingerprint density at radius 2 is 2.42 bits per heavy atom. The Bertz CT molecular complexity index is 615. The fourth-order valence-electron chi connectivity index (χ4n) is 2.34. The summed E-state index contributed by atoms with van der Waals surface area (Å²) in [5.74, 6) is 0.782. The number of aromatic amines is 1. The molecule has 1 fully saturated rings. The van der Waals surface area contributed by atoms with Crippen molar-refractivity contribution < 1.29 is 4.74 Å². The SMILES string of the molecule is Cc1cc(-c2n[nH]c(=S)n2C[C@@H]2CCCO2)nn1C. The first-order valence-electron chi connectivity index (χ1n) is 6.43. The molecule has 19 heavy (non-hydrogen) atoms. The van der Waals surface area contributed by atoms with Gasteiger partial charge in [0.1, 0.15) is 5.69 Å². The summed E-state index contributed by atoms with van der Waals surface area (Å²) in [7, 11) is 1.92. The first kappa shape index (κ1) is 12.6. The molecule has 1 saturated heterocycles. The Morgan fingerprint density at radius 3 is 3.05 bits per heavy atom. The maximum absolute atomic E-state index is 5.67. The predicted octanol–water partition coefficient (Wildman–Crippen LogP) is 1.83. The van der Waals surface area contributed by atoms with Gasteiger partial charge < -0.3 is 4.74 Å². The second kappa shape index (κ2) is 4.90. The quantitative estimate of drug-likeness (QED) is 0.871. The normalized spacial score (nSPS) is 19.2. The minimum absolute atomic E-state index is 0.229. The van der Waals surface area contributed by atoms with Crippen LogP contribution in [0.15, 0.2) is 6.07 Å². The number of aromatic nitrogens is 5. The van der Waals surface area contributed by atoms with Gasteiger partial charge in [-0.05, 0) is 38.0 Å². The molecular formula is C12H17N5OS. The van der Waals surface area contributed by atoms with E-state index in [-0.39, 0.29) is 6.10 Å². The second-order valence-electron chi connectivity index (χ2n) is 4.89. The third-order valence-electron chi connectivity index (χ3n) is 3.51. The van der Waals surface area contributed by atoms with Crippen LogP contribution in [0.25, 0.3) is 11.5 Å². The van der Waals surface area contributed by atoms with Gasteiger partial charge in [-0.25, -0.2) is 0 Å². The van der Waals surface area contributed by atoms with Crippen LogP contribution in [0, 0.1) is 11.7 Å². The van der Waals surface area contributed by atoms with Crippen LogP contribution < -0.4 is 0 Å². The van der Waals surface area contributed by atoms with Crippen LogP contribution in [0.5, 0.6) is 0 Å². The number of rotatable bonds is 3. The molecule has 0 saturated carbocycles. The fourth-order valence-corrected chi connectivity index (χ4v) is 2.55. The zero-order valence-electron chi connectivity index (χ0n) is 11.1. The Morgan fingerprint density at radius 1 is 1.58 bits per heavy atom. The van der Waals surface area contributed by atoms with E-state index in [2.05, 4.69) is 15.3 Å². The Kier molecular flexibility index (Phi) is 3.24. The minimum Gasteiger partial charge on any atom is -0.376 e. The molecule has 3 heterocycles. The van der Waals surface area contributed by atoms with E-state index in [1.807, 2.05) is 29.3 Å². The summed E-state index contributed by atoms with van der Waals surface area (Å²) >= 11 is 5.30. The molecule has 0 aromatic carbocycles. The van der Waals surface area contributed by atoms with E-state index in [1.165, 1.54) is 0 Å². The van der Waals surface area contributed by atoms with E-state index in [0.29, 0.717) is 4.77 Å². The van der Waals surface area contributed by atoms with Gasteiger partial charge in [-0.3, -0.25) is 14.3 Å².